The van der Waals surface area contributed by atoms with Crippen LogP contribution in [0.5, 0.6) is 0 Å². The number of aromatic amines is 1. The third kappa shape index (κ3) is 5.84. The molecule has 5 aromatic carbocycles. The van der Waals surface area contributed by atoms with Gasteiger partial charge in [0, 0.05) is 24.7 Å². The van der Waals surface area contributed by atoms with Gasteiger partial charge in [-0.05, 0) is 51.1 Å². The summed E-state index contributed by atoms with van der Waals surface area (Å²) in [6.07, 6.45) is 4.56. The van der Waals surface area contributed by atoms with Crippen LogP contribution in [0, 0.1) is 0 Å². The highest BCUT2D eigenvalue weighted by atomic mass is 16.1. The number of tetrazole rings is 1. The Hall–Kier alpha value is -6.41. The largest absolute Gasteiger partial charge is 0.327 e. The van der Waals surface area contributed by atoms with Crippen molar-refractivity contribution >= 4 is 11.0 Å². The summed E-state index contributed by atoms with van der Waals surface area (Å²) in [4.78, 5) is 22.3. The van der Waals surface area contributed by atoms with Crippen molar-refractivity contribution in [2.75, 3.05) is 0 Å². The fourth-order valence-corrected chi connectivity index (χ4v) is 7.09. The number of imidazole rings is 1. The maximum absolute atomic E-state index is 12.9. The monoisotopic (exact) mass is 667 g/mol. The Kier molecular flexibility index (Phi) is 8.64. The van der Waals surface area contributed by atoms with Crippen molar-refractivity contribution < 1.29 is 0 Å². The summed E-state index contributed by atoms with van der Waals surface area (Å²) in [5.41, 5.74) is 7.45. The average molecular weight is 668 g/mol. The minimum Gasteiger partial charge on any atom is -0.327 e. The molecule has 0 aliphatic carbocycles. The van der Waals surface area contributed by atoms with Crippen molar-refractivity contribution in [1.82, 2.24) is 34.7 Å². The van der Waals surface area contributed by atoms with Gasteiger partial charge in [0.1, 0.15) is 11.3 Å². The van der Waals surface area contributed by atoms with Gasteiger partial charge in [0.05, 0.1) is 5.52 Å². The number of unbranched alkanes of at least 4 members (excludes halogenated alkanes) is 1. The highest BCUT2D eigenvalue weighted by molar-refractivity contribution is 5.80. The Morgan fingerprint density at radius 3 is 1.88 bits per heavy atom. The van der Waals surface area contributed by atoms with Crippen LogP contribution in [-0.2, 0) is 18.5 Å². The van der Waals surface area contributed by atoms with Gasteiger partial charge >= 0.3 is 0 Å². The second-order valence-electron chi connectivity index (χ2n) is 12.7. The number of nitrogens with zero attached hydrogens (tertiary/aromatic N) is 6. The van der Waals surface area contributed by atoms with E-state index in [1.165, 1.54) is 0 Å². The van der Waals surface area contributed by atoms with Crippen LogP contribution in [0.2, 0.25) is 0 Å². The molecule has 0 radical (unpaired) electrons. The van der Waals surface area contributed by atoms with Gasteiger partial charge in [-0.3, -0.25) is 4.79 Å². The van der Waals surface area contributed by atoms with Crippen LogP contribution in [0.25, 0.3) is 33.5 Å². The zero-order chi connectivity index (χ0) is 34.6. The molecule has 0 atom stereocenters. The maximum atomic E-state index is 12.9. The quantitative estimate of drug-likeness (QED) is 0.140. The zero-order valence-corrected chi connectivity index (χ0v) is 28.4. The molecule has 0 aliphatic heterocycles. The molecule has 8 heteroatoms. The highest BCUT2D eigenvalue weighted by Gasteiger charge is 2.41. The first-order valence-electron chi connectivity index (χ1n) is 17.4. The van der Waals surface area contributed by atoms with E-state index in [0.29, 0.717) is 17.9 Å². The molecular weight excluding hydrogens is 631 g/mol. The average Bonchev–Trinajstić information content (AvgIpc) is 3.82. The number of benzene rings is 5. The van der Waals surface area contributed by atoms with Gasteiger partial charge < -0.3 is 9.55 Å². The molecule has 8 aromatic rings. The first-order valence-corrected chi connectivity index (χ1v) is 17.4. The topological polar surface area (TPSA) is 94.3 Å². The summed E-state index contributed by atoms with van der Waals surface area (Å²) in [6.45, 7) is 2.72. The van der Waals surface area contributed by atoms with Crippen molar-refractivity contribution in [3.8, 4) is 22.5 Å². The lowest BCUT2D eigenvalue weighted by Crippen LogP contribution is -2.39. The maximum Gasteiger partial charge on any atom is 0.274 e. The lowest BCUT2D eigenvalue weighted by molar-refractivity contribution is 0.396. The lowest BCUT2D eigenvalue weighted by atomic mass is 9.77. The standard InChI is InChI=1S/C43H37N7O/c1-2-3-23-39-45-38-28-29-44-42(51)40(38)49(39)30-31-24-26-32(27-25-31)36-21-13-14-22-37(36)41-46-48-50(47-41)43(33-15-7-4-8-16-33,34-17-9-5-10-18-34)35-19-11-6-12-20-35/h4-22,24-29H,2-3,23,30H2,1H3,(H,44,51). The summed E-state index contributed by atoms with van der Waals surface area (Å²) in [5.74, 6) is 1.47. The third-order valence-corrected chi connectivity index (χ3v) is 9.56. The summed E-state index contributed by atoms with van der Waals surface area (Å²) in [6, 6.07) is 49.6. The number of hydrogen-bond acceptors (Lipinski definition) is 5. The predicted molar refractivity (Wildman–Crippen MR) is 201 cm³/mol. The molecular formula is C43H37N7O. The number of aromatic nitrogens is 7. The normalized spacial score (nSPS) is 11.6. The van der Waals surface area contributed by atoms with E-state index >= 15 is 0 Å². The molecule has 0 unspecified atom stereocenters. The second-order valence-corrected chi connectivity index (χ2v) is 12.7. The van der Waals surface area contributed by atoms with Crippen LogP contribution in [-0.4, -0.2) is 34.7 Å². The second kappa shape index (κ2) is 13.8. The molecule has 250 valence electrons. The van der Waals surface area contributed by atoms with E-state index in [1.54, 1.807) is 11.0 Å². The van der Waals surface area contributed by atoms with Gasteiger partial charge in [0.15, 0.2) is 5.54 Å². The molecule has 51 heavy (non-hydrogen) atoms. The fourth-order valence-electron chi connectivity index (χ4n) is 7.09. The smallest absolute Gasteiger partial charge is 0.274 e. The number of fused-ring (bicyclic) bond motifs is 1. The number of aryl methyl sites for hydroxylation is 1. The molecule has 0 saturated heterocycles. The summed E-state index contributed by atoms with van der Waals surface area (Å²) in [5, 5.41) is 14.6. The Morgan fingerprint density at radius 1 is 0.686 bits per heavy atom. The minimum atomic E-state index is -0.860. The van der Waals surface area contributed by atoms with E-state index < -0.39 is 5.54 Å². The van der Waals surface area contributed by atoms with E-state index in [1.807, 2.05) is 78.9 Å². The van der Waals surface area contributed by atoms with Crippen molar-refractivity contribution in [2.45, 2.75) is 38.3 Å². The van der Waals surface area contributed by atoms with Crippen molar-refractivity contribution in [2.24, 2.45) is 0 Å². The lowest BCUT2D eigenvalue weighted by Gasteiger charge is -2.34. The first-order chi connectivity index (χ1) is 25.2. The van der Waals surface area contributed by atoms with Crippen LogP contribution >= 0.6 is 0 Å². The van der Waals surface area contributed by atoms with E-state index in [4.69, 9.17) is 20.4 Å². The Labute approximate surface area is 296 Å². The van der Waals surface area contributed by atoms with Crippen LogP contribution in [0.4, 0.5) is 0 Å². The molecule has 0 fully saturated rings. The molecule has 3 heterocycles. The summed E-state index contributed by atoms with van der Waals surface area (Å²) >= 11 is 0. The summed E-state index contributed by atoms with van der Waals surface area (Å²) in [7, 11) is 0. The van der Waals surface area contributed by atoms with Crippen molar-refractivity contribution in [1.29, 1.82) is 0 Å². The highest BCUT2D eigenvalue weighted by Crippen LogP contribution is 2.40. The van der Waals surface area contributed by atoms with Gasteiger partial charge in [-0.2, -0.15) is 0 Å². The molecule has 0 amide bonds. The molecule has 8 rings (SSSR count). The van der Waals surface area contributed by atoms with Crippen LogP contribution in [0.3, 0.4) is 0 Å². The number of hydrogen-bond donors (Lipinski definition) is 1. The van der Waals surface area contributed by atoms with Crippen LogP contribution < -0.4 is 5.56 Å². The van der Waals surface area contributed by atoms with Crippen LogP contribution in [0.1, 0.15) is 47.8 Å². The van der Waals surface area contributed by atoms with E-state index in [0.717, 1.165) is 69.5 Å². The Morgan fingerprint density at radius 2 is 1.27 bits per heavy atom. The Bertz CT molecular complexity index is 2350. The van der Waals surface area contributed by atoms with Crippen molar-refractivity contribution in [3.63, 3.8) is 0 Å². The number of H-pyrrole nitrogens is 1. The molecule has 0 saturated carbocycles. The third-order valence-electron chi connectivity index (χ3n) is 9.56. The predicted octanol–water partition coefficient (Wildman–Crippen LogP) is 8.28. The van der Waals surface area contributed by atoms with E-state index in [9.17, 15) is 4.79 Å². The first kappa shape index (κ1) is 31.8. The summed E-state index contributed by atoms with van der Waals surface area (Å²) < 4.78 is 2.06. The molecule has 1 N–H and O–H groups in total. The van der Waals surface area contributed by atoms with E-state index in [-0.39, 0.29) is 5.56 Å². The molecule has 3 aromatic heterocycles. The number of pyridine rings is 1. The number of rotatable bonds is 11. The van der Waals surface area contributed by atoms with Gasteiger partial charge in [0.2, 0.25) is 5.82 Å². The van der Waals surface area contributed by atoms with E-state index in [2.05, 4.69) is 83.2 Å². The fraction of sp³-hybridized carbons (Fsp3) is 0.140. The van der Waals surface area contributed by atoms with Crippen molar-refractivity contribution in [3.05, 3.63) is 190 Å². The molecule has 0 bridgehead atoms. The molecule has 0 aliphatic rings. The molecule has 0 spiro atoms. The number of nitrogens with one attached hydrogen (secondary N) is 1. The van der Waals surface area contributed by atoms with Gasteiger partial charge in [-0.1, -0.05) is 153 Å². The van der Waals surface area contributed by atoms with Gasteiger partial charge in [0.25, 0.3) is 5.56 Å². The SMILES string of the molecule is CCCCc1nc2cc[nH]c(=O)c2n1Cc1ccc(-c2ccccc2-c2nnn(C(c3ccccc3)(c3ccccc3)c3ccccc3)n2)cc1. The minimum absolute atomic E-state index is 0.121. The van der Waals surface area contributed by atoms with Gasteiger partial charge in [-0.25, -0.2) is 4.98 Å². The zero-order valence-electron chi connectivity index (χ0n) is 28.4. The Balaban J connectivity index is 1.18. The van der Waals surface area contributed by atoms with Crippen LogP contribution in [0.15, 0.2) is 157 Å². The van der Waals surface area contributed by atoms with Gasteiger partial charge in [-0.15, -0.1) is 15.0 Å². The molecule has 8 nitrogen and oxygen atoms in total.